The van der Waals surface area contributed by atoms with E-state index in [1.54, 1.807) is 0 Å². The van der Waals surface area contributed by atoms with Crippen LogP contribution in [-0.2, 0) is 47.9 Å². The molecule has 6 nitrogen and oxygen atoms in total. The molecule has 0 N–H and O–H groups in total. The zero-order valence-corrected chi connectivity index (χ0v) is 31.8. The second kappa shape index (κ2) is 19.5. The number of hydrogen-bond acceptors (Lipinski definition) is 6. The van der Waals surface area contributed by atoms with Gasteiger partial charge in [-0.3, -0.25) is 0 Å². The minimum absolute atomic E-state index is 0.264. The summed E-state index contributed by atoms with van der Waals surface area (Å²) in [6.07, 6.45) is 5.30. The van der Waals surface area contributed by atoms with Gasteiger partial charge in [0.15, 0.2) is 0 Å². The standard InChI is InChI=1S/C51H44O6/c1-4-49(52)55-27-24-36-12-7-15-39(30-36)41-17-10-18-42(33-41)44-22-23-47(45-20-9-14-38(32-45)26-29-57-51(54)6-3)48(35-44)46-21-11-19-43(34-46)40-16-8-13-37(31-40)25-28-56-50(53)5-2/h4-23,30-35H,1-3,24-29H2. The highest BCUT2D eigenvalue weighted by molar-refractivity contribution is 5.89. The summed E-state index contributed by atoms with van der Waals surface area (Å²) in [5, 5.41) is 0. The van der Waals surface area contributed by atoms with Crippen LogP contribution in [0.4, 0.5) is 0 Å². The molecule has 0 aromatic heterocycles. The molecule has 0 aliphatic rings. The highest BCUT2D eigenvalue weighted by Crippen LogP contribution is 2.38. The van der Waals surface area contributed by atoms with Crippen LogP contribution in [-0.4, -0.2) is 37.7 Å². The molecule has 0 saturated carbocycles. The lowest BCUT2D eigenvalue weighted by molar-refractivity contribution is -0.138. The van der Waals surface area contributed by atoms with Crippen LogP contribution >= 0.6 is 0 Å². The van der Waals surface area contributed by atoms with E-state index >= 15 is 0 Å². The molecule has 57 heavy (non-hydrogen) atoms. The van der Waals surface area contributed by atoms with Crippen molar-refractivity contribution in [3.05, 3.63) is 194 Å². The van der Waals surface area contributed by atoms with Gasteiger partial charge in [-0.15, -0.1) is 0 Å². The number of ether oxygens (including phenoxy) is 3. The summed E-state index contributed by atoms with van der Waals surface area (Å²) < 4.78 is 15.7. The second-order valence-corrected chi connectivity index (χ2v) is 13.4. The molecule has 0 spiro atoms. The molecule has 6 aromatic carbocycles. The van der Waals surface area contributed by atoms with Crippen molar-refractivity contribution in [3.63, 3.8) is 0 Å². The predicted octanol–water partition coefficient (Wildman–Crippen LogP) is 10.8. The molecule has 0 amide bonds. The number of carbonyl (C=O) groups is 3. The molecular weight excluding hydrogens is 709 g/mol. The van der Waals surface area contributed by atoms with Gasteiger partial charge in [0.1, 0.15) is 0 Å². The summed E-state index contributed by atoms with van der Waals surface area (Å²) in [4.78, 5) is 34.8. The Morgan fingerprint density at radius 1 is 0.368 bits per heavy atom. The molecule has 0 aliphatic heterocycles. The Balaban J connectivity index is 1.36. The Kier molecular flexibility index (Phi) is 13.6. The van der Waals surface area contributed by atoms with Crippen LogP contribution in [0.1, 0.15) is 16.7 Å². The molecule has 0 heterocycles. The van der Waals surface area contributed by atoms with Crippen LogP contribution in [0.3, 0.4) is 0 Å². The third-order valence-electron chi connectivity index (χ3n) is 9.55. The molecule has 6 aromatic rings. The molecule has 0 bridgehead atoms. The van der Waals surface area contributed by atoms with Crippen LogP contribution in [0.2, 0.25) is 0 Å². The predicted molar refractivity (Wildman–Crippen MR) is 228 cm³/mol. The first kappa shape index (κ1) is 39.6. The quantitative estimate of drug-likeness (QED) is 0.0524. The highest BCUT2D eigenvalue weighted by atomic mass is 16.5. The lowest BCUT2D eigenvalue weighted by atomic mass is 9.88. The third-order valence-corrected chi connectivity index (χ3v) is 9.55. The van der Waals surface area contributed by atoms with Crippen molar-refractivity contribution in [2.45, 2.75) is 19.3 Å². The van der Waals surface area contributed by atoms with Crippen LogP contribution in [0.5, 0.6) is 0 Å². The van der Waals surface area contributed by atoms with Crippen molar-refractivity contribution in [1.82, 2.24) is 0 Å². The van der Waals surface area contributed by atoms with Crippen molar-refractivity contribution >= 4 is 17.9 Å². The van der Waals surface area contributed by atoms with E-state index in [-0.39, 0.29) is 19.8 Å². The Bertz CT molecular complexity index is 2420. The van der Waals surface area contributed by atoms with Gasteiger partial charge in [0.2, 0.25) is 0 Å². The SMILES string of the molecule is C=CC(=O)OCCc1cccc(-c2cccc(-c3ccc(-c4cccc(CCOC(=O)C=C)c4)c(-c4cccc(-c5cccc(CCOC(=O)C=C)c5)c4)c3)c2)c1. The number of rotatable bonds is 17. The number of carbonyl (C=O) groups excluding carboxylic acids is 3. The van der Waals surface area contributed by atoms with Crippen LogP contribution < -0.4 is 0 Å². The summed E-state index contributed by atoms with van der Waals surface area (Å²) >= 11 is 0. The van der Waals surface area contributed by atoms with E-state index in [9.17, 15) is 14.4 Å². The maximum absolute atomic E-state index is 11.7. The van der Waals surface area contributed by atoms with Crippen LogP contribution in [0, 0.1) is 0 Å². The van der Waals surface area contributed by atoms with E-state index < -0.39 is 17.9 Å². The zero-order valence-electron chi connectivity index (χ0n) is 31.8. The van der Waals surface area contributed by atoms with E-state index in [2.05, 4.69) is 123 Å². The van der Waals surface area contributed by atoms with Crippen LogP contribution in [0.25, 0.3) is 55.6 Å². The minimum Gasteiger partial charge on any atom is -0.462 e. The fourth-order valence-corrected chi connectivity index (χ4v) is 6.65. The summed E-state index contributed by atoms with van der Waals surface area (Å²) in [6, 6.07) is 48.5. The lowest BCUT2D eigenvalue weighted by Crippen LogP contribution is -2.04. The average Bonchev–Trinajstić information content (AvgIpc) is 3.26. The highest BCUT2D eigenvalue weighted by Gasteiger charge is 2.14. The summed E-state index contributed by atoms with van der Waals surface area (Å²) in [5.41, 5.74) is 13.9. The van der Waals surface area contributed by atoms with Crippen molar-refractivity contribution in [2.24, 2.45) is 0 Å². The van der Waals surface area contributed by atoms with E-state index in [4.69, 9.17) is 14.2 Å². The molecule has 0 saturated heterocycles. The van der Waals surface area contributed by atoms with E-state index in [0.717, 1.165) is 72.3 Å². The molecule has 0 atom stereocenters. The lowest BCUT2D eigenvalue weighted by Gasteiger charge is -2.16. The first-order valence-corrected chi connectivity index (χ1v) is 18.8. The minimum atomic E-state index is -0.436. The smallest absolute Gasteiger partial charge is 0.330 e. The first-order valence-electron chi connectivity index (χ1n) is 18.8. The van der Waals surface area contributed by atoms with Crippen molar-refractivity contribution < 1.29 is 28.6 Å². The summed E-state index contributed by atoms with van der Waals surface area (Å²) in [5.74, 6) is -1.29. The topological polar surface area (TPSA) is 78.9 Å². The molecular formula is C51H44O6. The Hall–Kier alpha value is -7.05. The molecule has 284 valence electrons. The van der Waals surface area contributed by atoms with Gasteiger partial charge in [0.25, 0.3) is 0 Å². The van der Waals surface area contributed by atoms with Gasteiger partial charge < -0.3 is 14.2 Å². The van der Waals surface area contributed by atoms with E-state index in [1.165, 1.54) is 18.2 Å². The Morgan fingerprint density at radius 3 is 1.11 bits per heavy atom. The first-order chi connectivity index (χ1) is 27.8. The molecule has 0 aliphatic carbocycles. The van der Waals surface area contributed by atoms with E-state index in [0.29, 0.717) is 19.3 Å². The van der Waals surface area contributed by atoms with Gasteiger partial charge >= 0.3 is 17.9 Å². The van der Waals surface area contributed by atoms with Gasteiger partial charge in [-0.1, -0.05) is 141 Å². The Labute approximate surface area is 334 Å². The fourth-order valence-electron chi connectivity index (χ4n) is 6.65. The number of esters is 3. The average molecular weight is 753 g/mol. The molecule has 6 heteroatoms. The molecule has 0 unspecified atom stereocenters. The largest absolute Gasteiger partial charge is 0.462 e. The Morgan fingerprint density at radius 2 is 0.684 bits per heavy atom. The molecule has 6 rings (SSSR count). The van der Waals surface area contributed by atoms with Crippen molar-refractivity contribution in [2.75, 3.05) is 19.8 Å². The monoisotopic (exact) mass is 752 g/mol. The van der Waals surface area contributed by atoms with Crippen LogP contribution in [0.15, 0.2) is 177 Å². The summed E-state index contributed by atoms with van der Waals surface area (Å²) in [7, 11) is 0. The molecule has 0 radical (unpaired) electrons. The maximum Gasteiger partial charge on any atom is 0.330 e. The van der Waals surface area contributed by atoms with Crippen molar-refractivity contribution in [3.8, 4) is 55.6 Å². The zero-order chi connectivity index (χ0) is 40.0. The van der Waals surface area contributed by atoms with E-state index in [1.807, 2.05) is 36.4 Å². The third kappa shape index (κ3) is 10.8. The van der Waals surface area contributed by atoms with Gasteiger partial charge in [0, 0.05) is 37.5 Å². The normalized spacial score (nSPS) is 10.6. The van der Waals surface area contributed by atoms with Gasteiger partial charge in [-0.05, 0) is 90.5 Å². The van der Waals surface area contributed by atoms with Gasteiger partial charge in [0.05, 0.1) is 19.8 Å². The molecule has 0 fully saturated rings. The van der Waals surface area contributed by atoms with Gasteiger partial charge in [-0.25, -0.2) is 14.4 Å². The van der Waals surface area contributed by atoms with Gasteiger partial charge in [-0.2, -0.15) is 0 Å². The number of hydrogen-bond donors (Lipinski definition) is 0. The van der Waals surface area contributed by atoms with Crippen molar-refractivity contribution in [1.29, 1.82) is 0 Å². The summed E-state index contributed by atoms with van der Waals surface area (Å²) in [6.45, 7) is 11.3. The fraction of sp³-hybridized carbons (Fsp3) is 0.118. The maximum atomic E-state index is 11.7. The number of benzene rings is 6. The second-order valence-electron chi connectivity index (χ2n) is 13.4.